The lowest BCUT2D eigenvalue weighted by Gasteiger charge is -2.09. The molecule has 2 rings (SSSR count). The molecule has 0 aromatic carbocycles. The molecule has 0 saturated heterocycles. The molecule has 0 unspecified atom stereocenters. The van der Waals surface area contributed by atoms with E-state index in [1.165, 1.54) is 5.69 Å². The molecule has 0 aliphatic carbocycles. The van der Waals surface area contributed by atoms with Gasteiger partial charge in [0.15, 0.2) is 0 Å². The van der Waals surface area contributed by atoms with Gasteiger partial charge in [-0.2, -0.15) is 5.10 Å². The summed E-state index contributed by atoms with van der Waals surface area (Å²) in [6, 6.07) is 2.44. The third kappa shape index (κ3) is 3.09. The summed E-state index contributed by atoms with van der Waals surface area (Å²) in [5.74, 6) is 2.94. The minimum Gasteiger partial charge on any atom is -0.425 e. The predicted molar refractivity (Wildman–Crippen MR) is 66.6 cm³/mol. The smallest absolute Gasteiger partial charge is 0.226 e. The Morgan fingerprint density at radius 2 is 2.18 bits per heavy atom. The van der Waals surface area contributed by atoms with Gasteiger partial charge < -0.3 is 4.42 Å². The maximum Gasteiger partial charge on any atom is 0.226 e. The van der Waals surface area contributed by atoms with Crippen molar-refractivity contribution >= 4 is 11.8 Å². The van der Waals surface area contributed by atoms with E-state index in [-0.39, 0.29) is 0 Å². The minimum absolute atomic E-state index is 0.395. The molecule has 2 aromatic heterocycles. The molecule has 0 N–H and O–H groups in total. The second-order valence-corrected chi connectivity index (χ2v) is 5.05. The maximum absolute atomic E-state index is 5.32. The van der Waals surface area contributed by atoms with Crippen LogP contribution in [0.25, 0.3) is 0 Å². The lowest BCUT2D eigenvalue weighted by atomic mass is 10.4. The monoisotopic (exact) mass is 252 g/mol. The minimum atomic E-state index is 0.395. The van der Waals surface area contributed by atoms with Crippen LogP contribution >= 0.6 is 11.8 Å². The fourth-order valence-electron chi connectivity index (χ4n) is 1.56. The van der Waals surface area contributed by atoms with E-state index in [1.54, 1.807) is 18.7 Å². The number of thioether (sulfide) groups is 1. The van der Waals surface area contributed by atoms with Crippen molar-refractivity contribution in [1.29, 1.82) is 0 Å². The van der Waals surface area contributed by atoms with Crippen molar-refractivity contribution in [2.24, 2.45) is 0 Å². The Labute approximate surface area is 105 Å². The number of hydrogen-bond donors (Lipinski definition) is 0. The SMILES string of the molecule is Cc1nnc(CSCc2ccnn2C(C)C)o1. The Morgan fingerprint density at radius 1 is 1.35 bits per heavy atom. The molecule has 92 valence electrons. The number of aryl methyl sites for hydroxylation is 1. The van der Waals surface area contributed by atoms with Gasteiger partial charge in [-0.3, -0.25) is 4.68 Å². The van der Waals surface area contributed by atoms with Crippen LogP contribution in [0.4, 0.5) is 0 Å². The van der Waals surface area contributed by atoms with Crippen LogP contribution < -0.4 is 0 Å². The summed E-state index contributed by atoms with van der Waals surface area (Å²) in [5, 5.41) is 12.1. The molecule has 0 bridgehead atoms. The van der Waals surface area contributed by atoms with Crippen LogP contribution in [0.15, 0.2) is 16.7 Å². The third-order valence-corrected chi connectivity index (χ3v) is 3.24. The molecular weight excluding hydrogens is 236 g/mol. The van der Waals surface area contributed by atoms with Gasteiger partial charge in [-0.05, 0) is 19.9 Å². The third-order valence-electron chi connectivity index (χ3n) is 2.28. The molecule has 0 amide bonds. The van der Waals surface area contributed by atoms with Crippen molar-refractivity contribution in [3.8, 4) is 0 Å². The van der Waals surface area contributed by atoms with Gasteiger partial charge in [-0.1, -0.05) is 0 Å². The van der Waals surface area contributed by atoms with Gasteiger partial charge in [-0.15, -0.1) is 22.0 Å². The first-order valence-corrected chi connectivity index (χ1v) is 6.71. The van der Waals surface area contributed by atoms with Crippen LogP contribution in [0.5, 0.6) is 0 Å². The molecule has 17 heavy (non-hydrogen) atoms. The zero-order chi connectivity index (χ0) is 12.3. The molecule has 0 fully saturated rings. The van der Waals surface area contributed by atoms with E-state index in [4.69, 9.17) is 4.42 Å². The molecular formula is C11H16N4OS. The van der Waals surface area contributed by atoms with Crippen molar-refractivity contribution in [3.63, 3.8) is 0 Å². The van der Waals surface area contributed by atoms with Gasteiger partial charge in [0, 0.05) is 30.6 Å². The first-order chi connectivity index (χ1) is 8.16. The maximum atomic E-state index is 5.32. The number of rotatable bonds is 5. The molecule has 0 radical (unpaired) electrons. The molecule has 6 heteroatoms. The van der Waals surface area contributed by atoms with Crippen molar-refractivity contribution in [3.05, 3.63) is 29.7 Å². The van der Waals surface area contributed by atoms with Gasteiger partial charge in [0.1, 0.15) is 0 Å². The molecule has 0 spiro atoms. The Kier molecular flexibility index (Phi) is 3.83. The van der Waals surface area contributed by atoms with E-state index in [0.717, 1.165) is 11.5 Å². The number of nitrogens with zero attached hydrogens (tertiary/aromatic N) is 4. The van der Waals surface area contributed by atoms with E-state index in [9.17, 15) is 0 Å². The van der Waals surface area contributed by atoms with Gasteiger partial charge in [0.2, 0.25) is 11.8 Å². The van der Waals surface area contributed by atoms with Crippen LogP contribution in [0.3, 0.4) is 0 Å². The second-order valence-electron chi connectivity index (χ2n) is 4.07. The van der Waals surface area contributed by atoms with Crippen molar-refractivity contribution in [2.45, 2.75) is 38.3 Å². The highest BCUT2D eigenvalue weighted by Crippen LogP contribution is 2.18. The highest BCUT2D eigenvalue weighted by Gasteiger charge is 2.07. The summed E-state index contributed by atoms with van der Waals surface area (Å²) in [6.07, 6.45) is 1.84. The predicted octanol–water partition coefficient (Wildman–Crippen LogP) is 2.59. The summed E-state index contributed by atoms with van der Waals surface area (Å²) in [6.45, 7) is 6.06. The summed E-state index contributed by atoms with van der Waals surface area (Å²) < 4.78 is 7.35. The van der Waals surface area contributed by atoms with E-state index < -0.39 is 0 Å². The zero-order valence-corrected chi connectivity index (χ0v) is 11.1. The van der Waals surface area contributed by atoms with Gasteiger partial charge in [-0.25, -0.2) is 0 Å². The van der Waals surface area contributed by atoms with Gasteiger partial charge >= 0.3 is 0 Å². The van der Waals surface area contributed by atoms with Gasteiger partial charge in [0.05, 0.1) is 5.75 Å². The van der Waals surface area contributed by atoms with E-state index in [2.05, 4.69) is 29.1 Å². The molecule has 0 aliphatic heterocycles. The lowest BCUT2D eigenvalue weighted by Crippen LogP contribution is -2.06. The summed E-state index contributed by atoms with van der Waals surface area (Å²) in [4.78, 5) is 0. The van der Waals surface area contributed by atoms with Gasteiger partial charge in [0.25, 0.3) is 0 Å². The Balaban J connectivity index is 1.88. The molecule has 2 heterocycles. The Bertz CT molecular complexity index is 477. The van der Waals surface area contributed by atoms with Crippen molar-refractivity contribution < 1.29 is 4.42 Å². The Morgan fingerprint density at radius 3 is 2.82 bits per heavy atom. The lowest BCUT2D eigenvalue weighted by molar-refractivity contribution is 0.485. The fourth-order valence-corrected chi connectivity index (χ4v) is 2.39. The first kappa shape index (κ1) is 12.2. The topological polar surface area (TPSA) is 56.7 Å². The van der Waals surface area contributed by atoms with E-state index in [0.29, 0.717) is 17.8 Å². The molecule has 0 saturated carbocycles. The Hall–Kier alpha value is -1.30. The zero-order valence-electron chi connectivity index (χ0n) is 10.3. The molecule has 0 aliphatic rings. The summed E-state index contributed by atoms with van der Waals surface area (Å²) >= 11 is 1.75. The average Bonchev–Trinajstić information content (AvgIpc) is 2.87. The largest absolute Gasteiger partial charge is 0.425 e. The summed E-state index contributed by atoms with van der Waals surface area (Å²) in [7, 11) is 0. The van der Waals surface area contributed by atoms with Crippen LogP contribution in [0.2, 0.25) is 0 Å². The summed E-state index contributed by atoms with van der Waals surface area (Å²) in [5.41, 5.74) is 1.22. The number of aromatic nitrogens is 4. The standard InChI is InChI=1S/C11H16N4OS/c1-8(2)15-10(4-5-12-15)6-17-7-11-14-13-9(3)16-11/h4-5,8H,6-7H2,1-3H3. The highest BCUT2D eigenvalue weighted by atomic mass is 32.2. The van der Waals surface area contributed by atoms with Crippen LogP contribution in [0, 0.1) is 6.92 Å². The second kappa shape index (κ2) is 5.35. The first-order valence-electron chi connectivity index (χ1n) is 5.56. The average molecular weight is 252 g/mol. The quantitative estimate of drug-likeness (QED) is 0.818. The number of hydrogen-bond acceptors (Lipinski definition) is 5. The normalized spacial score (nSPS) is 11.3. The molecule has 2 aromatic rings. The molecule has 0 atom stereocenters. The van der Waals surface area contributed by atoms with Crippen LogP contribution in [-0.4, -0.2) is 20.0 Å². The van der Waals surface area contributed by atoms with Crippen molar-refractivity contribution in [1.82, 2.24) is 20.0 Å². The molecule has 5 nitrogen and oxygen atoms in total. The highest BCUT2D eigenvalue weighted by molar-refractivity contribution is 7.97. The van der Waals surface area contributed by atoms with Crippen LogP contribution in [-0.2, 0) is 11.5 Å². The fraction of sp³-hybridized carbons (Fsp3) is 0.545. The van der Waals surface area contributed by atoms with Crippen molar-refractivity contribution in [2.75, 3.05) is 0 Å². The van der Waals surface area contributed by atoms with Crippen LogP contribution in [0.1, 0.15) is 37.4 Å². The van der Waals surface area contributed by atoms with E-state index in [1.807, 2.05) is 16.9 Å². The van der Waals surface area contributed by atoms with E-state index >= 15 is 0 Å².